The van der Waals surface area contributed by atoms with E-state index in [1.54, 1.807) is 0 Å². The molecule has 0 fully saturated rings. The molecule has 0 aromatic heterocycles. The summed E-state index contributed by atoms with van der Waals surface area (Å²) in [6.45, 7) is 0. The third-order valence-electron chi connectivity index (χ3n) is 3.03. The van der Waals surface area contributed by atoms with Crippen molar-refractivity contribution in [2.45, 2.75) is 0 Å². The number of aromatic hydroxyl groups is 3. The van der Waals surface area contributed by atoms with E-state index in [0.29, 0.717) is 0 Å². The Kier molecular flexibility index (Phi) is 4.17. The molecule has 2 aromatic rings. The number of carboxylic acid groups (broad SMARTS) is 1. The third-order valence-corrected chi connectivity index (χ3v) is 3.03. The molecular formula is C15H11NO7. The second-order valence-corrected chi connectivity index (χ2v) is 4.57. The van der Waals surface area contributed by atoms with Gasteiger partial charge in [0.05, 0.1) is 10.5 Å². The highest BCUT2D eigenvalue weighted by Gasteiger charge is 2.18. The molecule has 0 atom stereocenters. The van der Waals surface area contributed by atoms with Crippen molar-refractivity contribution >= 4 is 23.3 Å². The van der Waals surface area contributed by atoms with Gasteiger partial charge >= 0.3 is 11.7 Å². The van der Waals surface area contributed by atoms with Crippen molar-refractivity contribution in [3.63, 3.8) is 0 Å². The van der Waals surface area contributed by atoms with E-state index in [1.807, 2.05) is 0 Å². The number of nitro groups is 1. The number of phenolic OH excluding ortho intramolecular Hbond substituents is 3. The molecule has 0 aliphatic carbocycles. The van der Waals surface area contributed by atoms with Gasteiger partial charge in [0.25, 0.3) is 0 Å². The Bertz CT molecular complexity index is 809. The van der Waals surface area contributed by atoms with Crippen LogP contribution in [0, 0.1) is 10.1 Å². The molecule has 0 bridgehead atoms. The van der Waals surface area contributed by atoms with Crippen LogP contribution in [0.25, 0.3) is 11.6 Å². The topological polar surface area (TPSA) is 141 Å². The van der Waals surface area contributed by atoms with E-state index < -0.39 is 28.1 Å². The highest BCUT2D eigenvalue weighted by molar-refractivity contribution is 6.20. The molecule has 0 heterocycles. The van der Waals surface area contributed by atoms with Crippen LogP contribution in [0.2, 0.25) is 0 Å². The van der Waals surface area contributed by atoms with Gasteiger partial charge in [-0.2, -0.15) is 0 Å². The van der Waals surface area contributed by atoms with Crippen LogP contribution in [0.4, 0.5) is 5.69 Å². The molecule has 4 N–H and O–H groups in total. The van der Waals surface area contributed by atoms with Crippen LogP contribution in [0.3, 0.4) is 0 Å². The van der Waals surface area contributed by atoms with Crippen molar-refractivity contribution in [2.24, 2.45) is 0 Å². The first-order valence-electron chi connectivity index (χ1n) is 6.24. The van der Waals surface area contributed by atoms with Crippen LogP contribution in [0.5, 0.6) is 17.2 Å². The van der Waals surface area contributed by atoms with Crippen molar-refractivity contribution < 1.29 is 30.1 Å². The quantitative estimate of drug-likeness (QED) is 0.293. The van der Waals surface area contributed by atoms with Gasteiger partial charge in [-0.15, -0.1) is 0 Å². The average Bonchev–Trinajstić information content (AvgIpc) is 2.47. The average molecular weight is 317 g/mol. The summed E-state index contributed by atoms with van der Waals surface area (Å²) in [4.78, 5) is 21.3. The zero-order valence-corrected chi connectivity index (χ0v) is 11.5. The van der Waals surface area contributed by atoms with Crippen molar-refractivity contribution in [3.8, 4) is 17.2 Å². The summed E-state index contributed by atoms with van der Waals surface area (Å²) in [5.74, 6) is -2.62. The normalized spacial score (nSPS) is 11.2. The number of benzene rings is 2. The number of phenols is 3. The molecule has 0 saturated carbocycles. The first-order chi connectivity index (χ1) is 10.8. The minimum atomic E-state index is -1.33. The van der Waals surface area contributed by atoms with Crippen LogP contribution in [-0.2, 0) is 4.79 Å². The largest absolute Gasteiger partial charge is 0.508 e. The molecule has 8 heteroatoms. The highest BCUT2D eigenvalue weighted by atomic mass is 16.6. The number of rotatable bonds is 4. The van der Waals surface area contributed by atoms with Gasteiger partial charge in [-0.1, -0.05) is 12.1 Å². The van der Waals surface area contributed by atoms with E-state index in [4.69, 9.17) is 0 Å². The summed E-state index contributed by atoms with van der Waals surface area (Å²) in [5.41, 5.74) is -0.824. The van der Waals surface area contributed by atoms with Gasteiger partial charge in [0.1, 0.15) is 11.5 Å². The molecule has 0 spiro atoms. The Morgan fingerprint density at radius 1 is 1.04 bits per heavy atom. The highest BCUT2D eigenvalue weighted by Crippen LogP contribution is 2.35. The van der Waals surface area contributed by atoms with Crippen LogP contribution >= 0.6 is 0 Å². The second kappa shape index (κ2) is 6.06. The molecule has 0 aliphatic heterocycles. The smallest absolute Gasteiger partial charge is 0.336 e. The number of aliphatic carboxylic acids is 1. The lowest BCUT2D eigenvalue weighted by molar-refractivity contribution is -0.385. The fourth-order valence-corrected chi connectivity index (χ4v) is 1.91. The number of nitro benzene ring substituents is 1. The number of carbonyl (C=O) groups is 1. The molecule has 0 amide bonds. The molecule has 2 aromatic carbocycles. The fourth-order valence-electron chi connectivity index (χ4n) is 1.91. The summed E-state index contributed by atoms with van der Waals surface area (Å²) < 4.78 is 0. The van der Waals surface area contributed by atoms with Gasteiger partial charge in [0.15, 0.2) is 5.75 Å². The van der Waals surface area contributed by atoms with Gasteiger partial charge in [-0.3, -0.25) is 10.1 Å². The van der Waals surface area contributed by atoms with Crippen molar-refractivity contribution in [1.29, 1.82) is 0 Å². The molecule has 0 saturated heterocycles. The van der Waals surface area contributed by atoms with Crippen molar-refractivity contribution in [2.75, 3.05) is 0 Å². The number of carboxylic acids is 1. The van der Waals surface area contributed by atoms with Crippen LogP contribution in [-0.4, -0.2) is 31.3 Å². The number of hydrogen-bond donors (Lipinski definition) is 4. The van der Waals surface area contributed by atoms with Crippen LogP contribution in [0.1, 0.15) is 11.1 Å². The van der Waals surface area contributed by atoms with E-state index in [1.165, 1.54) is 24.3 Å². The maximum absolute atomic E-state index is 11.4. The summed E-state index contributed by atoms with van der Waals surface area (Å²) in [5, 5.41) is 48.5. The SMILES string of the molecule is O=C(O)/C(=C\c1cc([N+](=O)[O-])c(O)cc1O)c1ccc(O)cc1. The summed E-state index contributed by atoms with van der Waals surface area (Å²) in [7, 11) is 0. The van der Waals surface area contributed by atoms with Gasteiger partial charge in [0.2, 0.25) is 0 Å². The van der Waals surface area contributed by atoms with Crippen molar-refractivity contribution in [1.82, 2.24) is 0 Å². The van der Waals surface area contributed by atoms with E-state index in [-0.39, 0.29) is 22.4 Å². The standard InChI is InChI=1S/C15H11NO7/c17-10-3-1-8(2-4-10)11(15(20)21)5-9-6-12(16(22)23)14(19)7-13(9)18/h1-7,17-19H,(H,20,21)/b11-5-. The van der Waals surface area contributed by atoms with Crippen LogP contribution < -0.4 is 0 Å². The lowest BCUT2D eigenvalue weighted by atomic mass is 10.0. The van der Waals surface area contributed by atoms with E-state index in [9.17, 15) is 35.3 Å². The zero-order valence-electron chi connectivity index (χ0n) is 11.5. The lowest BCUT2D eigenvalue weighted by Gasteiger charge is -2.06. The van der Waals surface area contributed by atoms with Crippen LogP contribution in [0.15, 0.2) is 36.4 Å². The van der Waals surface area contributed by atoms with Gasteiger partial charge in [0, 0.05) is 17.7 Å². The minimum absolute atomic E-state index is 0.0541. The number of hydrogen-bond acceptors (Lipinski definition) is 6. The predicted molar refractivity (Wildman–Crippen MR) is 80.0 cm³/mol. The monoisotopic (exact) mass is 317 g/mol. The molecule has 118 valence electrons. The Hall–Kier alpha value is -3.55. The zero-order chi connectivity index (χ0) is 17.1. The Morgan fingerprint density at radius 3 is 2.17 bits per heavy atom. The lowest BCUT2D eigenvalue weighted by Crippen LogP contribution is -1.99. The third kappa shape index (κ3) is 3.38. The number of nitrogens with zero attached hydrogens (tertiary/aromatic N) is 1. The maximum atomic E-state index is 11.4. The molecule has 0 aliphatic rings. The molecule has 0 radical (unpaired) electrons. The van der Waals surface area contributed by atoms with E-state index >= 15 is 0 Å². The summed E-state index contributed by atoms with van der Waals surface area (Å²) in [6.07, 6.45) is 1.04. The van der Waals surface area contributed by atoms with E-state index in [2.05, 4.69) is 0 Å². The van der Waals surface area contributed by atoms with Gasteiger partial charge < -0.3 is 20.4 Å². The molecule has 0 unspecified atom stereocenters. The first kappa shape index (κ1) is 15.8. The maximum Gasteiger partial charge on any atom is 0.336 e. The van der Waals surface area contributed by atoms with Gasteiger partial charge in [-0.25, -0.2) is 4.79 Å². The Balaban J connectivity index is 2.60. The minimum Gasteiger partial charge on any atom is -0.508 e. The first-order valence-corrected chi connectivity index (χ1v) is 6.24. The summed E-state index contributed by atoms with van der Waals surface area (Å²) in [6, 6.07) is 6.90. The second-order valence-electron chi connectivity index (χ2n) is 4.57. The van der Waals surface area contributed by atoms with Gasteiger partial charge in [-0.05, 0) is 23.8 Å². The summed E-state index contributed by atoms with van der Waals surface area (Å²) >= 11 is 0. The predicted octanol–water partition coefficient (Wildman–Crippen LogP) is 2.34. The molecule has 8 nitrogen and oxygen atoms in total. The van der Waals surface area contributed by atoms with Crippen molar-refractivity contribution in [3.05, 3.63) is 57.6 Å². The Labute approximate surface area is 129 Å². The Morgan fingerprint density at radius 2 is 1.65 bits per heavy atom. The van der Waals surface area contributed by atoms with E-state index in [0.717, 1.165) is 18.2 Å². The molecular weight excluding hydrogens is 306 g/mol. The molecule has 2 rings (SSSR count). The fraction of sp³-hybridized carbons (Fsp3) is 0. The molecule has 23 heavy (non-hydrogen) atoms.